The maximum Gasteiger partial charge on any atom is 0.184 e. The number of nitrogens with zero attached hydrogens (tertiary/aromatic N) is 1. The summed E-state index contributed by atoms with van der Waals surface area (Å²) in [4.78, 5) is 4.09. The molecule has 0 aromatic carbocycles. The molecule has 0 aliphatic heterocycles. The highest BCUT2D eigenvalue weighted by Gasteiger charge is 2.09. The van der Waals surface area contributed by atoms with E-state index in [1.54, 1.807) is 11.6 Å². The zero-order chi connectivity index (χ0) is 9.97. The van der Waals surface area contributed by atoms with E-state index in [0.717, 1.165) is 10.9 Å². The van der Waals surface area contributed by atoms with E-state index in [1.165, 1.54) is 11.3 Å². The van der Waals surface area contributed by atoms with Crippen molar-refractivity contribution in [2.24, 2.45) is 0 Å². The smallest absolute Gasteiger partial charge is 0.184 e. The highest BCUT2D eigenvalue weighted by Crippen LogP contribution is 2.24. The van der Waals surface area contributed by atoms with E-state index >= 15 is 0 Å². The van der Waals surface area contributed by atoms with Crippen LogP contribution in [0.25, 0.3) is 0 Å². The molecule has 74 valence electrons. The molecule has 2 heterocycles. The highest BCUT2D eigenvalue weighted by atomic mass is 35.5. The Hall–Kier alpha value is -1.00. The van der Waals surface area contributed by atoms with Gasteiger partial charge in [-0.15, -0.1) is 11.3 Å². The third-order valence-electron chi connectivity index (χ3n) is 1.79. The van der Waals surface area contributed by atoms with Crippen LogP contribution in [0.1, 0.15) is 18.7 Å². The normalized spacial score (nSPS) is 12.7. The number of hydrogen-bond acceptors (Lipinski definition) is 4. The van der Waals surface area contributed by atoms with E-state index < -0.39 is 0 Å². The molecular weight excluding hydrogens is 220 g/mol. The second kappa shape index (κ2) is 4.02. The van der Waals surface area contributed by atoms with Crippen molar-refractivity contribution in [2.45, 2.75) is 13.0 Å². The Morgan fingerprint density at radius 2 is 2.50 bits per heavy atom. The summed E-state index contributed by atoms with van der Waals surface area (Å²) >= 11 is 7.18. The number of halogens is 1. The van der Waals surface area contributed by atoms with E-state index in [1.807, 2.05) is 19.1 Å². The minimum absolute atomic E-state index is 0.104. The Morgan fingerprint density at radius 1 is 1.64 bits per heavy atom. The van der Waals surface area contributed by atoms with Crippen molar-refractivity contribution in [2.75, 3.05) is 5.32 Å². The Balaban J connectivity index is 2.05. The average Bonchev–Trinajstić information content (AvgIpc) is 2.75. The van der Waals surface area contributed by atoms with Gasteiger partial charge in [-0.05, 0) is 19.1 Å². The third kappa shape index (κ3) is 2.08. The van der Waals surface area contributed by atoms with Crippen molar-refractivity contribution in [3.8, 4) is 0 Å². The summed E-state index contributed by atoms with van der Waals surface area (Å²) < 4.78 is 5.26. The molecule has 3 nitrogen and oxygen atoms in total. The molecule has 1 unspecified atom stereocenters. The third-order valence-corrected chi connectivity index (χ3v) is 2.88. The molecule has 1 atom stereocenters. The van der Waals surface area contributed by atoms with Gasteiger partial charge < -0.3 is 9.73 Å². The lowest BCUT2D eigenvalue weighted by molar-refractivity contribution is 0.490. The van der Waals surface area contributed by atoms with Crippen LogP contribution in [0.2, 0.25) is 5.15 Å². The van der Waals surface area contributed by atoms with E-state index in [2.05, 4.69) is 10.3 Å². The molecule has 0 saturated heterocycles. The zero-order valence-electron chi connectivity index (χ0n) is 7.53. The van der Waals surface area contributed by atoms with Crippen LogP contribution in [0.15, 0.2) is 28.2 Å². The number of furan rings is 1. The van der Waals surface area contributed by atoms with Crippen LogP contribution in [0.4, 0.5) is 5.13 Å². The molecule has 2 aromatic rings. The Bertz CT molecular complexity index is 399. The van der Waals surface area contributed by atoms with Gasteiger partial charge in [0.25, 0.3) is 0 Å². The summed E-state index contributed by atoms with van der Waals surface area (Å²) in [6.45, 7) is 2.01. The van der Waals surface area contributed by atoms with Gasteiger partial charge >= 0.3 is 0 Å². The van der Waals surface area contributed by atoms with Crippen molar-refractivity contribution >= 4 is 28.1 Å². The van der Waals surface area contributed by atoms with E-state index in [-0.39, 0.29) is 6.04 Å². The van der Waals surface area contributed by atoms with Crippen molar-refractivity contribution < 1.29 is 4.42 Å². The van der Waals surface area contributed by atoms with Crippen molar-refractivity contribution in [1.82, 2.24) is 4.98 Å². The number of thiazole rings is 1. The quantitative estimate of drug-likeness (QED) is 0.873. The van der Waals surface area contributed by atoms with Crippen LogP contribution in [-0.2, 0) is 0 Å². The van der Waals surface area contributed by atoms with Crippen LogP contribution < -0.4 is 5.32 Å². The van der Waals surface area contributed by atoms with Gasteiger partial charge in [0.2, 0.25) is 0 Å². The average molecular weight is 229 g/mol. The highest BCUT2D eigenvalue weighted by molar-refractivity contribution is 7.14. The molecule has 2 rings (SSSR count). The van der Waals surface area contributed by atoms with E-state index in [9.17, 15) is 0 Å². The lowest BCUT2D eigenvalue weighted by atomic mass is 10.3. The Morgan fingerprint density at radius 3 is 3.07 bits per heavy atom. The van der Waals surface area contributed by atoms with Gasteiger partial charge in [-0.3, -0.25) is 0 Å². The monoisotopic (exact) mass is 228 g/mol. The minimum atomic E-state index is 0.104. The molecule has 0 aliphatic rings. The molecular formula is C9H9ClN2OS. The first-order valence-electron chi connectivity index (χ1n) is 4.16. The second-order valence-corrected chi connectivity index (χ2v) is 4.10. The predicted molar refractivity (Wildman–Crippen MR) is 57.9 cm³/mol. The zero-order valence-corrected chi connectivity index (χ0v) is 9.10. The van der Waals surface area contributed by atoms with Gasteiger partial charge in [-0.2, -0.15) is 0 Å². The molecule has 0 bridgehead atoms. The lowest BCUT2D eigenvalue weighted by Crippen LogP contribution is -2.04. The fraction of sp³-hybridized carbons (Fsp3) is 0.222. The molecule has 1 N–H and O–H groups in total. The van der Waals surface area contributed by atoms with Crippen molar-refractivity contribution in [1.29, 1.82) is 0 Å². The van der Waals surface area contributed by atoms with E-state index in [4.69, 9.17) is 16.0 Å². The summed E-state index contributed by atoms with van der Waals surface area (Å²) in [7, 11) is 0. The van der Waals surface area contributed by atoms with E-state index in [0.29, 0.717) is 5.15 Å². The summed E-state index contributed by atoms with van der Waals surface area (Å²) in [5.41, 5.74) is 0. The number of aromatic nitrogens is 1. The Kier molecular flexibility index (Phi) is 2.74. The summed E-state index contributed by atoms with van der Waals surface area (Å²) in [6, 6.07) is 3.89. The summed E-state index contributed by atoms with van der Waals surface area (Å²) in [5, 5.41) is 6.31. The summed E-state index contributed by atoms with van der Waals surface area (Å²) in [6.07, 6.45) is 1.66. The number of anilines is 1. The lowest BCUT2D eigenvalue weighted by Gasteiger charge is -2.08. The molecule has 5 heteroatoms. The Labute approximate surface area is 90.7 Å². The van der Waals surface area contributed by atoms with Crippen LogP contribution in [0.3, 0.4) is 0 Å². The molecule has 0 spiro atoms. The molecule has 0 aliphatic carbocycles. The second-order valence-electron chi connectivity index (χ2n) is 2.86. The fourth-order valence-corrected chi connectivity index (χ4v) is 2.04. The largest absolute Gasteiger partial charge is 0.467 e. The first-order chi connectivity index (χ1) is 6.75. The SMILES string of the molecule is CC(Nc1nc(Cl)cs1)c1ccco1. The first-order valence-corrected chi connectivity index (χ1v) is 5.42. The molecule has 0 radical (unpaired) electrons. The molecule has 14 heavy (non-hydrogen) atoms. The van der Waals surface area contributed by atoms with Gasteiger partial charge in [-0.1, -0.05) is 11.6 Å². The number of hydrogen-bond donors (Lipinski definition) is 1. The molecule has 0 saturated carbocycles. The van der Waals surface area contributed by atoms with Gasteiger partial charge in [0, 0.05) is 5.38 Å². The van der Waals surface area contributed by atoms with Crippen molar-refractivity contribution in [3.05, 3.63) is 34.7 Å². The van der Waals surface area contributed by atoms with Gasteiger partial charge in [0.15, 0.2) is 5.13 Å². The van der Waals surface area contributed by atoms with Crippen molar-refractivity contribution in [3.63, 3.8) is 0 Å². The maximum absolute atomic E-state index is 5.70. The number of nitrogens with one attached hydrogen (secondary N) is 1. The molecule has 0 fully saturated rings. The predicted octanol–water partition coefficient (Wildman–Crippen LogP) is 3.56. The van der Waals surface area contributed by atoms with Crippen LogP contribution in [0, 0.1) is 0 Å². The van der Waals surface area contributed by atoms with Gasteiger partial charge in [0.05, 0.1) is 12.3 Å². The van der Waals surface area contributed by atoms with Gasteiger partial charge in [-0.25, -0.2) is 4.98 Å². The standard InChI is InChI=1S/C9H9ClN2OS/c1-6(7-3-2-4-13-7)11-9-12-8(10)5-14-9/h2-6H,1H3,(H,11,12). The maximum atomic E-state index is 5.70. The van der Waals surface area contributed by atoms with Crippen LogP contribution in [-0.4, -0.2) is 4.98 Å². The van der Waals surface area contributed by atoms with Crippen LogP contribution >= 0.6 is 22.9 Å². The summed E-state index contributed by atoms with van der Waals surface area (Å²) in [5.74, 6) is 0.885. The molecule has 2 aromatic heterocycles. The minimum Gasteiger partial charge on any atom is -0.467 e. The fourth-order valence-electron chi connectivity index (χ4n) is 1.11. The van der Waals surface area contributed by atoms with Gasteiger partial charge in [0.1, 0.15) is 10.9 Å². The van der Waals surface area contributed by atoms with Crippen LogP contribution in [0.5, 0.6) is 0 Å². The molecule has 0 amide bonds. The topological polar surface area (TPSA) is 38.1 Å². The number of rotatable bonds is 3. The first kappa shape index (κ1) is 9.55.